The van der Waals surface area contributed by atoms with E-state index in [1.165, 1.54) is 23.6 Å². The lowest BCUT2D eigenvalue weighted by Crippen LogP contribution is -2.31. The molecule has 0 N–H and O–H groups in total. The van der Waals surface area contributed by atoms with E-state index in [0.29, 0.717) is 28.1 Å². The monoisotopic (exact) mass is 584 g/mol. The van der Waals surface area contributed by atoms with Crippen LogP contribution in [-0.2, 0) is 16.6 Å². The molecule has 1 fully saturated rings. The van der Waals surface area contributed by atoms with Gasteiger partial charge in [-0.25, -0.2) is 8.42 Å². The first-order valence-corrected chi connectivity index (χ1v) is 13.7. The van der Waals surface area contributed by atoms with Crippen molar-refractivity contribution in [1.29, 1.82) is 0 Å². The van der Waals surface area contributed by atoms with Gasteiger partial charge in [0.2, 0.25) is 10.0 Å². The zero-order chi connectivity index (χ0) is 22.4. The fourth-order valence-corrected chi connectivity index (χ4v) is 5.32. The Labute approximate surface area is 215 Å². The van der Waals surface area contributed by atoms with Crippen LogP contribution in [0.1, 0.15) is 31.2 Å². The summed E-state index contributed by atoms with van der Waals surface area (Å²) in [7, 11) is -3.61. The third-order valence-corrected chi connectivity index (χ3v) is 7.42. The van der Waals surface area contributed by atoms with E-state index in [1.807, 2.05) is 18.2 Å². The summed E-state index contributed by atoms with van der Waals surface area (Å²) in [5.41, 5.74) is 1.10. The van der Waals surface area contributed by atoms with Crippen molar-refractivity contribution in [1.82, 2.24) is 4.90 Å². The zero-order valence-electron chi connectivity index (χ0n) is 17.9. The second-order valence-electron chi connectivity index (χ2n) is 7.72. The Morgan fingerprint density at radius 1 is 1.09 bits per heavy atom. The number of piperidine rings is 1. The minimum absolute atomic E-state index is 0. The van der Waals surface area contributed by atoms with Gasteiger partial charge in [0, 0.05) is 21.6 Å². The van der Waals surface area contributed by atoms with Gasteiger partial charge in [0.15, 0.2) is 0 Å². The van der Waals surface area contributed by atoms with E-state index in [4.69, 9.17) is 27.9 Å². The first-order chi connectivity index (χ1) is 14.7. The standard InChI is InChI=1S/C22H27BrCl2N2O3S.ClH/c1-31(28,29)27(21-15-19(24)8-9-20(21)25)16-17-6-7-18(23)14-22(17)30-13-5-12-26-10-3-2-4-11-26;/h6-9,14-15H,2-5,10-13,16H2,1H3;1H. The largest absolute Gasteiger partial charge is 0.493 e. The molecule has 32 heavy (non-hydrogen) atoms. The van der Waals surface area contributed by atoms with Crippen molar-refractivity contribution in [3.05, 3.63) is 56.5 Å². The van der Waals surface area contributed by atoms with Crippen LogP contribution in [0.15, 0.2) is 40.9 Å². The molecule has 1 aliphatic heterocycles. The van der Waals surface area contributed by atoms with Crippen molar-refractivity contribution in [2.24, 2.45) is 0 Å². The molecule has 1 heterocycles. The Hall–Kier alpha value is -0.700. The molecule has 0 spiro atoms. The van der Waals surface area contributed by atoms with Crippen molar-refractivity contribution >= 4 is 67.2 Å². The number of hydrogen-bond acceptors (Lipinski definition) is 4. The van der Waals surface area contributed by atoms with Crippen molar-refractivity contribution in [2.75, 3.05) is 36.8 Å². The Kier molecular flexibility index (Phi) is 10.9. The van der Waals surface area contributed by atoms with Crippen molar-refractivity contribution < 1.29 is 13.2 Å². The smallest absolute Gasteiger partial charge is 0.232 e. The molecule has 2 aromatic rings. The van der Waals surface area contributed by atoms with Gasteiger partial charge in [0.1, 0.15) is 5.75 Å². The molecule has 0 bridgehead atoms. The minimum Gasteiger partial charge on any atom is -0.493 e. The first-order valence-electron chi connectivity index (χ1n) is 10.3. The van der Waals surface area contributed by atoms with E-state index in [9.17, 15) is 8.42 Å². The maximum atomic E-state index is 12.6. The molecule has 2 aromatic carbocycles. The molecule has 0 radical (unpaired) electrons. The molecule has 1 saturated heterocycles. The van der Waals surface area contributed by atoms with E-state index < -0.39 is 10.0 Å². The third kappa shape index (κ3) is 7.96. The van der Waals surface area contributed by atoms with Gasteiger partial charge < -0.3 is 9.64 Å². The lowest BCUT2D eigenvalue weighted by molar-refractivity contribution is 0.204. The molecule has 1 aliphatic rings. The highest BCUT2D eigenvalue weighted by Crippen LogP contribution is 2.34. The quantitative estimate of drug-likeness (QED) is 0.319. The lowest BCUT2D eigenvalue weighted by atomic mass is 10.1. The van der Waals surface area contributed by atoms with Crippen LogP contribution in [0, 0.1) is 0 Å². The molecule has 0 unspecified atom stereocenters. The summed E-state index contributed by atoms with van der Waals surface area (Å²) in [6, 6.07) is 10.4. The zero-order valence-corrected chi connectivity index (χ0v) is 22.6. The predicted molar refractivity (Wildman–Crippen MR) is 139 cm³/mol. The molecular formula is C22H28BrCl3N2O3S. The Morgan fingerprint density at radius 2 is 1.81 bits per heavy atom. The van der Waals surface area contributed by atoms with Crippen LogP contribution in [-0.4, -0.2) is 45.8 Å². The van der Waals surface area contributed by atoms with Crippen molar-refractivity contribution in [2.45, 2.75) is 32.2 Å². The SMILES string of the molecule is CS(=O)(=O)N(Cc1ccc(Br)cc1OCCCN1CCCCC1)c1cc(Cl)ccc1Cl.Cl. The van der Waals surface area contributed by atoms with Crippen molar-refractivity contribution in [3.63, 3.8) is 0 Å². The van der Waals surface area contributed by atoms with Crippen LogP contribution in [0.25, 0.3) is 0 Å². The summed E-state index contributed by atoms with van der Waals surface area (Å²) in [4.78, 5) is 2.47. The average Bonchev–Trinajstić information content (AvgIpc) is 2.72. The van der Waals surface area contributed by atoms with E-state index in [0.717, 1.165) is 42.3 Å². The van der Waals surface area contributed by atoms with E-state index in [1.54, 1.807) is 18.2 Å². The van der Waals surface area contributed by atoms with Gasteiger partial charge in [-0.1, -0.05) is 51.6 Å². The molecule has 5 nitrogen and oxygen atoms in total. The fraction of sp³-hybridized carbons (Fsp3) is 0.455. The second-order valence-corrected chi connectivity index (χ2v) is 11.4. The first kappa shape index (κ1) is 27.5. The van der Waals surface area contributed by atoms with Gasteiger partial charge in [0.25, 0.3) is 0 Å². The maximum absolute atomic E-state index is 12.6. The third-order valence-electron chi connectivity index (χ3n) is 5.25. The Balaban J connectivity index is 0.00000363. The maximum Gasteiger partial charge on any atom is 0.232 e. The normalized spacial score (nSPS) is 14.6. The van der Waals surface area contributed by atoms with Gasteiger partial charge in [-0.15, -0.1) is 12.4 Å². The summed E-state index contributed by atoms with van der Waals surface area (Å²) < 4.78 is 33.4. The van der Waals surface area contributed by atoms with Crippen LogP contribution >= 0.6 is 51.5 Å². The summed E-state index contributed by atoms with van der Waals surface area (Å²) in [5.74, 6) is 0.653. The predicted octanol–water partition coefficient (Wildman–Crippen LogP) is 6.40. The molecule has 0 aromatic heterocycles. The summed E-state index contributed by atoms with van der Waals surface area (Å²) >= 11 is 15.9. The van der Waals surface area contributed by atoms with Gasteiger partial charge >= 0.3 is 0 Å². The molecule has 3 rings (SSSR count). The van der Waals surface area contributed by atoms with Crippen molar-refractivity contribution in [3.8, 4) is 5.75 Å². The number of sulfonamides is 1. The lowest BCUT2D eigenvalue weighted by Gasteiger charge is -2.26. The van der Waals surface area contributed by atoms with Gasteiger partial charge in [-0.3, -0.25) is 4.31 Å². The van der Waals surface area contributed by atoms with Crippen LogP contribution in [0.3, 0.4) is 0 Å². The Morgan fingerprint density at radius 3 is 2.50 bits per heavy atom. The Bertz CT molecular complexity index is 1000. The topological polar surface area (TPSA) is 49.9 Å². The number of rotatable bonds is 9. The number of nitrogens with zero attached hydrogens (tertiary/aromatic N) is 2. The number of hydrogen-bond donors (Lipinski definition) is 0. The highest BCUT2D eigenvalue weighted by molar-refractivity contribution is 9.10. The fourth-order valence-electron chi connectivity index (χ4n) is 3.66. The van der Waals surface area contributed by atoms with E-state index >= 15 is 0 Å². The number of likely N-dealkylation sites (tertiary alicyclic amines) is 1. The molecule has 0 aliphatic carbocycles. The highest BCUT2D eigenvalue weighted by Gasteiger charge is 2.22. The second kappa shape index (κ2) is 12.7. The summed E-state index contributed by atoms with van der Waals surface area (Å²) in [6.45, 7) is 3.99. The van der Waals surface area contributed by atoms with Crippen LogP contribution < -0.4 is 9.04 Å². The number of anilines is 1. The van der Waals surface area contributed by atoms with E-state index in [-0.39, 0.29) is 19.0 Å². The van der Waals surface area contributed by atoms with Crippen LogP contribution in [0.4, 0.5) is 5.69 Å². The molecule has 0 amide bonds. The number of ether oxygens (including phenoxy) is 1. The number of halogens is 4. The highest BCUT2D eigenvalue weighted by atomic mass is 79.9. The minimum atomic E-state index is -3.61. The van der Waals surface area contributed by atoms with Crippen LogP contribution in [0.2, 0.25) is 10.0 Å². The summed E-state index contributed by atoms with van der Waals surface area (Å²) in [5, 5.41) is 0.731. The molecular weight excluding hydrogens is 559 g/mol. The molecule has 178 valence electrons. The number of benzene rings is 2. The molecule has 10 heteroatoms. The molecule has 0 saturated carbocycles. The van der Waals surface area contributed by atoms with Gasteiger partial charge in [-0.05, 0) is 62.7 Å². The van der Waals surface area contributed by atoms with Crippen LogP contribution in [0.5, 0.6) is 5.75 Å². The van der Waals surface area contributed by atoms with Gasteiger partial charge in [0.05, 0.1) is 30.1 Å². The summed E-state index contributed by atoms with van der Waals surface area (Å²) in [6.07, 6.45) is 5.93. The average molecular weight is 587 g/mol. The van der Waals surface area contributed by atoms with Gasteiger partial charge in [-0.2, -0.15) is 0 Å². The van der Waals surface area contributed by atoms with E-state index in [2.05, 4.69) is 20.8 Å². The molecule has 0 atom stereocenters.